The van der Waals surface area contributed by atoms with Crippen molar-refractivity contribution in [1.29, 1.82) is 0 Å². The second-order valence-corrected chi connectivity index (χ2v) is 7.32. The zero-order chi connectivity index (χ0) is 22.7. The number of fused-ring (bicyclic) bond motifs is 1. The van der Waals surface area contributed by atoms with Crippen molar-refractivity contribution in [1.82, 2.24) is 4.98 Å². The molecular formula is C26H23FN2O3. The zero-order valence-corrected chi connectivity index (χ0v) is 18.1. The van der Waals surface area contributed by atoms with E-state index in [4.69, 9.17) is 14.5 Å². The summed E-state index contributed by atoms with van der Waals surface area (Å²) < 4.78 is 24.6. The zero-order valence-electron chi connectivity index (χ0n) is 18.1. The van der Waals surface area contributed by atoms with E-state index in [-0.39, 0.29) is 11.7 Å². The van der Waals surface area contributed by atoms with E-state index in [1.807, 2.05) is 37.3 Å². The van der Waals surface area contributed by atoms with Crippen LogP contribution in [0.5, 0.6) is 11.5 Å². The molecule has 0 saturated heterocycles. The Morgan fingerprint density at radius 1 is 1.06 bits per heavy atom. The molecule has 32 heavy (non-hydrogen) atoms. The van der Waals surface area contributed by atoms with Crippen molar-refractivity contribution in [2.45, 2.75) is 13.8 Å². The van der Waals surface area contributed by atoms with Crippen LogP contribution >= 0.6 is 0 Å². The van der Waals surface area contributed by atoms with Crippen LogP contribution in [0.1, 0.15) is 22.8 Å². The number of hydrogen-bond acceptors (Lipinski definition) is 4. The number of hydrogen-bond donors (Lipinski definition) is 1. The van der Waals surface area contributed by atoms with Gasteiger partial charge in [0.1, 0.15) is 17.3 Å². The summed E-state index contributed by atoms with van der Waals surface area (Å²) in [6, 6.07) is 19.1. The Bertz CT molecular complexity index is 1300. The minimum atomic E-state index is -0.342. The molecule has 1 N–H and O–H groups in total. The van der Waals surface area contributed by atoms with Crippen molar-refractivity contribution in [2.24, 2.45) is 0 Å². The molecule has 0 fully saturated rings. The van der Waals surface area contributed by atoms with Gasteiger partial charge >= 0.3 is 0 Å². The average molecular weight is 430 g/mol. The molecule has 0 bridgehead atoms. The van der Waals surface area contributed by atoms with Crippen LogP contribution in [0.2, 0.25) is 0 Å². The number of methoxy groups -OCH3 is 1. The molecule has 0 aliphatic heterocycles. The number of anilines is 1. The van der Waals surface area contributed by atoms with E-state index in [2.05, 4.69) is 5.32 Å². The van der Waals surface area contributed by atoms with Crippen LogP contribution in [0.15, 0.2) is 66.7 Å². The third kappa shape index (κ3) is 4.39. The number of carbonyl (C=O) groups excluding carboxylic acids is 1. The number of aryl methyl sites for hydroxylation is 1. The lowest BCUT2D eigenvalue weighted by molar-refractivity contribution is 0.102. The molecule has 0 aliphatic rings. The summed E-state index contributed by atoms with van der Waals surface area (Å²) in [5.74, 6) is 0.750. The Morgan fingerprint density at radius 2 is 1.91 bits per heavy atom. The maximum Gasteiger partial charge on any atom is 0.255 e. The first kappa shape index (κ1) is 21.3. The summed E-state index contributed by atoms with van der Waals surface area (Å²) >= 11 is 0. The molecule has 162 valence electrons. The minimum Gasteiger partial charge on any atom is -0.497 e. The number of ether oxygens (including phenoxy) is 2. The number of rotatable bonds is 6. The number of nitrogens with zero attached hydrogens (tertiary/aromatic N) is 1. The lowest BCUT2D eigenvalue weighted by Crippen LogP contribution is -2.13. The van der Waals surface area contributed by atoms with E-state index in [1.165, 1.54) is 12.1 Å². The van der Waals surface area contributed by atoms with Gasteiger partial charge in [-0.05, 0) is 67.9 Å². The maximum atomic E-state index is 13.4. The molecule has 0 spiro atoms. The van der Waals surface area contributed by atoms with Gasteiger partial charge in [-0.15, -0.1) is 0 Å². The van der Waals surface area contributed by atoms with Crippen LogP contribution in [0, 0.1) is 12.7 Å². The van der Waals surface area contributed by atoms with Crippen molar-refractivity contribution >= 4 is 22.5 Å². The highest BCUT2D eigenvalue weighted by Gasteiger charge is 2.14. The summed E-state index contributed by atoms with van der Waals surface area (Å²) in [5.41, 5.74) is 4.04. The summed E-state index contributed by atoms with van der Waals surface area (Å²) in [7, 11) is 1.62. The smallest absolute Gasteiger partial charge is 0.255 e. The standard InChI is InChI=1S/C26H23FN2O3/c1-4-32-25-15-24(17-6-5-7-20(13-17)31-3)28-23-10-8-18(14-21(23)25)26(30)29-22-11-9-19(27)12-16(22)2/h5-15H,4H2,1-3H3,(H,29,30). The molecular weight excluding hydrogens is 407 g/mol. The van der Waals surface area contributed by atoms with Gasteiger partial charge in [-0.3, -0.25) is 4.79 Å². The van der Waals surface area contributed by atoms with E-state index >= 15 is 0 Å². The molecule has 1 heterocycles. The molecule has 6 heteroatoms. The predicted octanol–water partition coefficient (Wildman–Crippen LogP) is 6.01. The number of halogens is 1. The van der Waals surface area contributed by atoms with Gasteiger partial charge in [0.2, 0.25) is 0 Å². The Kier molecular flexibility index (Phi) is 6.03. The summed E-state index contributed by atoms with van der Waals surface area (Å²) in [6.07, 6.45) is 0. The molecule has 3 aromatic carbocycles. The number of aromatic nitrogens is 1. The van der Waals surface area contributed by atoms with E-state index in [9.17, 15) is 9.18 Å². The summed E-state index contributed by atoms with van der Waals surface area (Å²) in [5, 5.41) is 3.58. The van der Waals surface area contributed by atoms with Crippen LogP contribution in [-0.4, -0.2) is 24.6 Å². The Hall–Kier alpha value is -3.93. The number of benzene rings is 3. The number of pyridine rings is 1. The first-order chi connectivity index (χ1) is 15.5. The number of amides is 1. The summed E-state index contributed by atoms with van der Waals surface area (Å²) in [4.78, 5) is 17.6. The van der Waals surface area contributed by atoms with Crippen LogP contribution < -0.4 is 14.8 Å². The van der Waals surface area contributed by atoms with E-state index in [0.29, 0.717) is 34.7 Å². The Morgan fingerprint density at radius 3 is 2.66 bits per heavy atom. The number of nitrogens with one attached hydrogen (secondary N) is 1. The lowest BCUT2D eigenvalue weighted by atomic mass is 10.1. The topological polar surface area (TPSA) is 60.5 Å². The molecule has 0 aliphatic carbocycles. The van der Waals surface area contributed by atoms with Gasteiger partial charge in [0, 0.05) is 28.3 Å². The molecule has 1 amide bonds. The van der Waals surface area contributed by atoms with E-state index in [0.717, 1.165) is 22.4 Å². The van der Waals surface area contributed by atoms with Crippen LogP contribution in [0.3, 0.4) is 0 Å². The van der Waals surface area contributed by atoms with Gasteiger partial charge in [-0.25, -0.2) is 9.37 Å². The molecule has 4 aromatic rings. The highest BCUT2D eigenvalue weighted by atomic mass is 19.1. The maximum absolute atomic E-state index is 13.4. The summed E-state index contributed by atoms with van der Waals surface area (Å²) in [6.45, 7) is 4.13. The molecule has 4 rings (SSSR count). The highest BCUT2D eigenvalue weighted by Crippen LogP contribution is 2.32. The van der Waals surface area contributed by atoms with Gasteiger partial charge in [0.15, 0.2) is 0 Å². The fourth-order valence-electron chi connectivity index (χ4n) is 3.50. The van der Waals surface area contributed by atoms with Gasteiger partial charge in [0.05, 0.1) is 24.9 Å². The molecule has 1 aromatic heterocycles. The first-order valence-electron chi connectivity index (χ1n) is 10.3. The molecule has 5 nitrogen and oxygen atoms in total. The second-order valence-electron chi connectivity index (χ2n) is 7.32. The molecule has 0 atom stereocenters. The van der Waals surface area contributed by atoms with E-state index in [1.54, 1.807) is 38.3 Å². The normalized spacial score (nSPS) is 10.8. The van der Waals surface area contributed by atoms with Crippen molar-refractivity contribution in [3.63, 3.8) is 0 Å². The van der Waals surface area contributed by atoms with Gasteiger partial charge in [0.25, 0.3) is 5.91 Å². The molecule has 0 radical (unpaired) electrons. The van der Waals surface area contributed by atoms with Crippen LogP contribution in [0.25, 0.3) is 22.2 Å². The van der Waals surface area contributed by atoms with Gasteiger partial charge in [-0.1, -0.05) is 12.1 Å². The quantitative estimate of drug-likeness (QED) is 0.407. The Balaban J connectivity index is 1.72. The van der Waals surface area contributed by atoms with E-state index < -0.39 is 0 Å². The first-order valence-corrected chi connectivity index (χ1v) is 10.3. The minimum absolute atomic E-state index is 0.291. The van der Waals surface area contributed by atoms with Crippen LogP contribution in [0.4, 0.5) is 10.1 Å². The van der Waals surface area contributed by atoms with Crippen LogP contribution in [-0.2, 0) is 0 Å². The fourth-order valence-corrected chi connectivity index (χ4v) is 3.50. The largest absolute Gasteiger partial charge is 0.497 e. The lowest BCUT2D eigenvalue weighted by Gasteiger charge is -2.13. The van der Waals surface area contributed by atoms with Gasteiger partial charge in [-0.2, -0.15) is 0 Å². The SMILES string of the molecule is CCOc1cc(-c2cccc(OC)c2)nc2ccc(C(=O)Nc3ccc(F)cc3C)cc12. The van der Waals surface area contributed by atoms with Crippen molar-refractivity contribution in [3.8, 4) is 22.8 Å². The van der Waals surface area contributed by atoms with Crippen molar-refractivity contribution in [2.75, 3.05) is 19.0 Å². The second kappa shape index (κ2) is 9.06. The number of carbonyl (C=O) groups is 1. The fraction of sp³-hybridized carbons (Fsp3) is 0.154. The monoisotopic (exact) mass is 430 g/mol. The molecule has 0 saturated carbocycles. The predicted molar refractivity (Wildman–Crippen MR) is 124 cm³/mol. The third-order valence-electron chi connectivity index (χ3n) is 5.13. The van der Waals surface area contributed by atoms with Crippen molar-refractivity contribution < 1.29 is 18.7 Å². The van der Waals surface area contributed by atoms with Gasteiger partial charge < -0.3 is 14.8 Å². The average Bonchev–Trinajstić information content (AvgIpc) is 2.80. The Labute approximate surface area is 185 Å². The van der Waals surface area contributed by atoms with Crippen molar-refractivity contribution in [3.05, 3.63) is 83.7 Å². The third-order valence-corrected chi connectivity index (χ3v) is 5.13. The molecule has 0 unspecified atom stereocenters. The highest BCUT2D eigenvalue weighted by molar-refractivity contribution is 6.07.